The van der Waals surface area contributed by atoms with E-state index in [0.29, 0.717) is 11.3 Å². The lowest BCUT2D eigenvalue weighted by molar-refractivity contribution is -0.117. The predicted molar refractivity (Wildman–Crippen MR) is 86.0 cm³/mol. The maximum atomic E-state index is 13.2. The van der Waals surface area contributed by atoms with Gasteiger partial charge in [-0.15, -0.1) is 10.2 Å². The van der Waals surface area contributed by atoms with Crippen molar-refractivity contribution in [2.45, 2.75) is 6.54 Å². The van der Waals surface area contributed by atoms with Crippen LogP contribution in [0, 0.1) is 5.82 Å². The summed E-state index contributed by atoms with van der Waals surface area (Å²) >= 11 is 3.35. The van der Waals surface area contributed by atoms with Gasteiger partial charge in [-0.05, 0) is 45.4 Å². The third-order valence-electron chi connectivity index (χ3n) is 2.97. The third-order valence-corrected chi connectivity index (χ3v) is 3.66. The number of aromatic nitrogens is 4. The number of nitrogens with one attached hydrogen (secondary N) is 1. The Hall–Kier alpha value is -2.61. The van der Waals surface area contributed by atoms with Gasteiger partial charge in [0.05, 0.1) is 5.69 Å². The van der Waals surface area contributed by atoms with Crippen molar-refractivity contribution < 1.29 is 9.18 Å². The predicted octanol–water partition coefficient (Wildman–Crippen LogP) is 2.88. The molecule has 23 heavy (non-hydrogen) atoms. The molecule has 1 aromatic heterocycles. The highest BCUT2D eigenvalue weighted by Crippen LogP contribution is 2.21. The van der Waals surface area contributed by atoms with Crippen LogP contribution in [-0.4, -0.2) is 26.1 Å². The Balaban J connectivity index is 1.69. The Labute approximate surface area is 139 Å². The first-order chi connectivity index (χ1) is 11.1. The van der Waals surface area contributed by atoms with Gasteiger partial charge in [-0.25, -0.2) is 4.39 Å². The molecular formula is C15H11BrFN5O. The molecule has 0 unspecified atom stereocenters. The summed E-state index contributed by atoms with van der Waals surface area (Å²) in [6, 6.07) is 13.1. The summed E-state index contributed by atoms with van der Waals surface area (Å²) in [4.78, 5) is 13.2. The van der Waals surface area contributed by atoms with E-state index in [-0.39, 0.29) is 24.1 Å². The molecule has 1 heterocycles. The summed E-state index contributed by atoms with van der Waals surface area (Å²) < 4.78 is 14.0. The highest BCUT2D eigenvalue weighted by molar-refractivity contribution is 9.10. The van der Waals surface area contributed by atoms with Crippen molar-refractivity contribution in [2.75, 3.05) is 5.32 Å². The number of carbonyl (C=O) groups is 1. The number of halogens is 2. The molecule has 0 aliphatic rings. The summed E-state index contributed by atoms with van der Waals surface area (Å²) in [5.41, 5.74) is 1.16. The molecule has 0 spiro atoms. The van der Waals surface area contributed by atoms with Gasteiger partial charge in [0.2, 0.25) is 11.7 Å². The molecule has 0 radical (unpaired) electrons. The number of tetrazole rings is 1. The van der Waals surface area contributed by atoms with E-state index < -0.39 is 0 Å². The third kappa shape index (κ3) is 3.78. The molecule has 2 aromatic carbocycles. The number of anilines is 1. The Morgan fingerprint density at radius 2 is 2.04 bits per heavy atom. The summed E-state index contributed by atoms with van der Waals surface area (Å²) in [5, 5.41) is 14.5. The van der Waals surface area contributed by atoms with Crippen molar-refractivity contribution in [2.24, 2.45) is 0 Å². The minimum Gasteiger partial charge on any atom is -0.323 e. The molecule has 1 amide bonds. The first-order valence-electron chi connectivity index (χ1n) is 6.70. The summed E-state index contributed by atoms with van der Waals surface area (Å²) in [5.74, 6) is -0.413. The number of hydrogen-bond acceptors (Lipinski definition) is 4. The van der Waals surface area contributed by atoms with Crippen LogP contribution < -0.4 is 5.32 Å². The number of nitrogens with zero attached hydrogens (tertiary/aromatic N) is 4. The molecule has 0 atom stereocenters. The van der Waals surface area contributed by atoms with E-state index in [1.165, 1.54) is 12.1 Å². The van der Waals surface area contributed by atoms with E-state index in [1.54, 1.807) is 18.2 Å². The average Bonchev–Trinajstić information content (AvgIpc) is 2.98. The van der Waals surface area contributed by atoms with Crippen molar-refractivity contribution in [1.29, 1.82) is 0 Å². The number of rotatable bonds is 4. The fourth-order valence-electron chi connectivity index (χ4n) is 1.93. The van der Waals surface area contributed by atoms with E-state index in [2.05, 4.69) is 36.7 Å². The van der Waals surface area contributed by atoms with Crippen LogP contribution >= 0.6 is 15.9 Å². The first-order valence-corrected chi connectivity index (χ1v) is 7.49. The molecule has 0 saturated heterocycles. The molecule has 6 nitrogen and oxygen atoms in total. The zero-order valence-electron chi connectivity index (χ0n) is 11.8. The Kier molecular flexibility index (Phi) is 4.42. The lowest BCUT2D eigenvalue weighted by Gasteiger charge is -2.06. The number of amides is 1. The van der Waals surface area contributed by atoms with Crippen LogP contribution in [0.3, 0.4) is 0 Å². The van der Waals surface area contributed by atoms with Gasteiger partial charge in [-0.1, -0.05) is 24.3 Å². The first kappa shape index (κ1) is 15.3. The molecule has 3 rings (SSSR count). The van der Waals surface area contributed by atoms with Crippen LogP contribution in [0.15, 0.2) is 53.0 Å². The number of para-hydroxylation sites is 1. The van der Waals surface area contributed by atoms with Gasteiger partial charge in [-0.2, -0.15) is 4.80 Å². The van der Waals surface area contributed by atoms with Crippen molar-refractivity contribution in [3.05, 3.63) is 58.8 Å². The molecule has 3 aromatic rings. The number of benzene rings is 2. The topological polar surface area (TPSA) is 72.7 Å². The Morgan fingerprint density at radius 3 is 2.83 bits per heavy atom. The second-order valence-corrected chi connectivity index (χ2v) is 5.54. The van der Waals surface area contributed by atoms with Crippen LogP contribution in [0.5, 0.6) is 0 Å². The molecule has 0 aliphatic heterocycles. The highest BCUT2D eigenvalue weighted by atomic mass is 79.9. The summed E-state index contributed by atoms with van der Waals surface area (Å²) in [7, 11) is 0. The van der Waals surface area contributed by atoms with E-state index in [1.807, 2.05) is 18.2 Å². The molecule has 0 fully saturated rings. The Morgan fingerprint density at radius 1 is 1.22 bits per heavy atom. The molecule has 116 valence electrons. The quantitative estimate of drug-likeness (QED) is 0.760. The van der Waals surface area contributed by atoms with Gasteiger partial charge in [-0.3, -0.25) is 4.79 Å². The zero-order chi connectivity index (χ0) is 16.2. The number of hydrogen-bond donors (Lipinski definition) is 1. The van der Waals surface area contributed by atoms with E-state index >= 15 is 0 Å². The molecule has 0 aliphatic carbocycles. The van der Waals surface area contributed by atoms with Gasteiger partial charge in [0.25, 0.3) is 0 Å². The SMILES string of the molecule is O=C(Cn1nnc(-c2cccc(F)c2)n1)Nc1ccccc1Br. The highest BCUT2D eigenvalue weighted by Gasteiger charge is 2.11. The Bertz CT molecular complexity index is 851. The average molecular weight is 376 g/mol. The van der Waals surface area contributed by atoms with Crippen LogP contribution in [-0.2, 0) is 11.3 Å². The maximum Gasteiger partial charge on any atom is 0.248 e. The second kappa shape index (κ2) is 6.66. The smallest absolute Gasteiger partial charge is 0.248 e. The van der Waals surface area contributed by atoms with Gasteiger partial charge < -0.3 is 5.32 Å². The standard InChI is InChI=1S/C15H11BrFN5O/c16-12-6-1-2-7-13(12)18-14(23)9-22-20-15(19-21-22)10-4-3-5-11(17)8-10/h1-8H,9H2,(H,18,23). The van der Waals surface area contributed by atoms with Crippen molar-refractivity contribution in [3.63, 3.8) is 0 Å². The van der Waals surface area contributed by atoms with Crippen LogP contribution in [0.4, 0.5) is 10.1 Å². The molecule has 8 heteroatoms. The molecular weight excluding hydrogens is 365 g/mol. The lowest BCUT2D eigenvalue weighted by atomic mass is 10.2. The fraction of sp³-hybridized carbons (Fsp3) is 0.0667. The molecule has 1 N–H and O–H groups in total. The van der Waals surface area contributed by atoms with Crippen LogP contribution in [0.25, 0.3) is 11.4 Å². The monoisotopic (exact) mass is 375 g/mol. The molecule has 0 saturated carbocycles. The summed E-state index contributed by atoms with van der Waals surface area (Å²) in [6.45, 7) is -0.0936. The van der Waals surface area contributed by atoms with Crippen LogP contribution in [0.1, 0.15) is 0 Å². The van der Waals surface area contributed by atoms with Crippen molar-refractivity contribution in [1.82, 2.24) is 20.2 Å². The van der Waals surface area contributed by atoms with E-state index in [4.69, 9.17) is 0 Å². The van der Waals surface area contributed by atoms with Crippen molar-refractivity contribution in [3.8, 4) is 11.4 Å². The normalized spacial score (nSPS) is 10.5. The molecule has 0 bridgehead atoms. The summed E-state index contributed by atoms with van der Waals surface area (Å²) in [6.07, 6.45) is 0. The number of carbonyl (C=O) groups excluding carboxylic acids is 1. The van der Waals surface area contributed by atoms with Gasteiger partial charge in [0, 0.05) is 10.0 Å². The van der Waals surface area contributed by atoms with E-state index in [9.17, 15) is 9.18 Å². The van der Waals surface area contributed by atoms with E-state index in [0.717, 1.165) is 9.27 Å². The van der Waals surface area contributed by atoms with Crippen molar-refractivity contribution >= 4 is 27.5 Å². The van der Waals surface area contributed by atoms with Gasteiger partial charge >= 0.3 is 0 Å². The minimum atomic E-state index is -0.384. The van der Waals surface area contributed by atoms with Crippen LogP contribution in [0.2, 0.25) is 0 Å². The van der Waals surface area contributed by atoms with Gasteiger partial charge in [0.1, 0.15) is 12.4 Å². The fourth-order valence-corrected chi connectivity index (χ4v) is 2.32. The van der Waals surface area contributed by atoms with Gasteiger partial charge in [0.15, 0.2) is 0 Å². The lowest BCUT2D eigenvalue weighted by Crippen LogP contribution is -2.20. The second-order valence-electron chi connectivity index (χ2n) is 4.68. The largest absolute Gasteiger partial charge is 0.323 e. The minimum absolute atomic E-state index is 0.0936. The maximum absolute atomic E-state index is 13.2. The zero-order valence-corrected chi connectivity index (χ0v) is 13.4.